The smallest absolute Gasteiger partial charge is 0.305 e. The quantitative estimate of drug-likeness (QED) is 0.680. The van der Waals surface area contributed by atoms with Crippen molar-refractivity contribution in [3.63, 3.8) is 0 Å². The van der Waals surface area contributed by atoms with E-state index < -0.39 is 6.29 Å². The maximum atomic E-state index is 10.7. The van der Waals surface area contributed by atoms with E-state index in [0.29, 0.717) is 6.42 Å². The van der Waals surface area contributed by atoms with Crippen LogP contribution in [0.2, 0.25) is 0 Å². The van der Waals surface area contributed by atoms with Crippen molar-refractivity contribution in [1.82, 2.24) is 4.98 Å². The first-order valence-corrected chi connectivity index (χ1v) is 4.56. The van der Waals surface area contributed by atoms with Crippen molar-refractivity contribution in [1.29, 1.82) is 0 Å². The number of oxime groups is 1. The van der Waals surface area contributed by atoms with E-state index in [9.17, 15) is 4.79 Å². The lowest BCUT2D eigenvalue weighted by molar-refractivity contribution is -0.170. The number of nitrogens with zero attached hydrogens (tertiary/aromatic N) is 2. The van der Waals surface area contributed by atoms with E-state index in [1.54, 1.807) is 12.4 Å². The minimum absolute atomic E-state index is 0.369. The molecule has 0 saturated heterocycles. The average Bonchev–Trinajstić information content (AvgIpc) is 2.67. The topological polar surface area (TPSA) is 60.8 Å². The number of carbonyl (C=O) groups excluding carboxylic acids is 1. The zero-order chi connectivity index (χ0) is 10.7. The van der Waals surface area contributed by atoms with Crippen molar-refractivity contribution in [2.24, 2.45) is 5.16 Å². The van der Waals surface area contributed by atoms with E-state index in [4.69, 9.17) is 9.57 Å². The zero-order valence-electron chi connectivity index (χ0n) is 8.21. The molecule has 1 aromatic heterocycles. The molecule has 0 spiro atoms. The standard InChI is InChI=1S/C10H10N2O3/c1-7(13)14-10-6-9(12-15-10)8-2-4-11-5-3-8/h2-5,10H,6H2,1H3. The van der Waals surface area contributed by atoms with Crippen LogP contribution in [-0.2, 0) is 14.4 Å². The van der Waals surface area contributed by atoms with Crippen LogP contribution in [0, 0.1) is 0 Å². The van der Waals surface area contributed by atoms with Gasteiger partial charge in [0.15, 0.2) is 0 Å². The number of esters is 1. The number of hydrogen-bond donors (Lipinski definition) is 0. The molecule has 2 heterocycles. The predicted octanol–water partition coefficient (Wildman–Crippen LogP) is 1.10. The summed E-state index contributed by atoms with van der Waals surface area (Å²) in [5, 5.41) is 3.85. The lowest BCUT2D eigenvalue weighted by Gasteiger charge is -2.06. The van der Waals surface area contributed by atoms with Gasteiger partial charge in [-0.1, -0.05) is 5.16 Å². The van der Waals surface area contributed by atoms with Gasteiger partial charge in [-0.2, -0.15) is 0 Å². The lowest BCUT2D eigenvalue weighted by Crippen LogP contribution is -2.16. The monoisotopic (exact) mass is 206 g/mol. The van der Waals surface area contributed by atoms with Gasteiger partial charge in [-0.15, -0.1) is 0 Å². The van der Waals surface area contributed by atoms with Crippen LogP contribution in [0.15, 0.2) is 29.7 Å². The van der Waals surface area contributed by atoms with E-state index in [1.165, 1.54) is 6.92 Å². The Labute approximate surface area is 86.7 Å². The molecular formula is C10H10N2O3. The Bertz CT molecular complexity index is 389. The molecule has 0 amide bonds. The van der Waals surface area contributed by atoms with Crippen molar-refractivity contribution in [2.75, 3.05) is 0 Å². The highest BCUT2D eigenvalue weighted by Gasteiger charge is 2.24. The fourth-order valence-electron chi connectivity index (χ4n) is 1.32. The fourth-order valence-corrected chi connectivity index (χ4v) is 1.32. The molecule has 0 aliphatic carbocycles. The average molecular weight is 206 g/mol. The lowest BCUT2D eigenvalue weighted by atomic mass is 10.1. The summed E-state index contributed by atoms with van der Waals surface area (Å²) in [4.78, 5) is 19.5. The van der Waals surface area contributed by atoms with Gasteiger partial charge >= 0.3 is 5.97 Å². The minimum atomic E-state index is -0.592. The van der Waals surface area contributed by atoms with Crippen LogP contribution in [0.1, 0.15) is 18.9 Å². The normalized spacial score (nSPS) is 19.3. The first-order chi connectivity index (χ1) is 7.25. The third-order valence-corrected chi connectivity index (χ3v) is 1.95. The zero-order valence-corrected chi connectivity index (χ0v) is 8.21. The van der Waals surface area contributed by atoms with Crippen molar-refractivity contribution >= 4 is 11.7 Å². The molecule has 0 fully saturated rings. The Kier molecular flexibility index (Phi) is 2.62. The highest BCUT2D eigenvalue weighted by molar-refractivity contribution is 6.01. The summed E-state index contributed by atoms with van der Waals surface area (Å²) >= 11 is 0. The fraction of sp³-hybridized carbons (Fsp3) is 0.300. The Hall–Kier alpha value is -1.91. The molecule has 2 rings (SSSR count). The third kappa shape index (κ3) is 2.31. The van der Waals surface area contributed by atoms with Gasteiger partial charge in [-0.3, -0.25) is 9.78 Å². The number of rotatable bonds is 2. The molecule has 1 atom stereocenters. The summed E-state index contributed by atoms with van der Waals surface area (Å²) in [6.45, 7) is 1.34. The molecular weight excluding hydrogens is 196 g/mol. The molecule has 1 aliphatic heterocycles. The Morgan fingerprint density at radius 3 is 2.93 bits per heavy atom. The van der Waals surface area contributed by atoms with E-state index in [-0.39, 0.29) is 5.97 Å². The number of pyridine rings is 1. The summed E-state index contributed by atoms with van der Waals surface area (Å²) in [6, 6.07) is 3.66. The van der Waals surface area contributed by atoms with Gasteiger partial charge in [0, 0.05) is 24.9 Å². The third-order valence-electron chi connectivity index (χ3n) is 1.95. The molecule has 1 unspecified atom stereocenters. The molecule has 1 aromatic rings. The van der Waals surface area contributed by atoms with Crippen LogP contribution in [0.4, 0.5) is 0 Å². The number of hydrogen-bond acceptors (Lipinski definition) is 5. The van der Waals surface area contributed by atoms with E-state index >= 15 is 0 Å². The second-order valence-corrected chi connectivity index (χ2v) is 3.12. The molecule has 15 heavy (non-hydrogen) atoms. The van der Waals surface area contributed by atoms with Gasteiger partial charge in [-0.05, 0) is 12.1 Å². The van der Waals surface area contributed by atoms with Crippen molar-refractivity contribution in [3.8, 4) is 0 Å². The Morgan fingerprint density at radius 1 is 1.53 bits per heavy atom. The Balaban J connectivity index is 2.01. The number of carbonyl (C=O) groups is 1. The van der Waals surface area contributed by atoms with Crippen molar-refractivity contribution in [3.05, 3.63) is 30.1 Å². The molecule has 0 saturated carbocycles. The van der Waals surface area contributed by atoms with Crippen molar-refractivity contribution in [2.45, 2.75) is 19.6 Å². The minimum Gasteiger partial charge on any atom is -0.423 e. The molecule has 0 N–H and O–H groups in total. The first kappa shape index (κ1) is 9.64. The van der Waals surface area contributed by atoms with Gasteiger partial charge in [-0.25, -0.2) is 0 Å². The number of aromatic nitrogens is 1. The van der Waals surface area contributed by atoms with E-state index in [1.807, 2.05) is 12.1 Å². The predicted molar refractivity (Wildman–Crippen MR) is 52.0 cm³/mol. The second-order valence-electron chi connectivity index (χ2n) is 3.12. The second kappa shape index (κ2) is 4.08. The Morgan fingerprint density at radius 2 is 2.27 bits per heavy atom. The summed E-state index contributed by atoms with van der Waals surface area (Å²) in [7, 11) is 0. The summed E-state index contributed by atoms with van der Waals surface area (Å²) in [5.41, 5.74) is 1.70. The molecule has 0 bridgehead atoms. The van der Waals surface area contributed by atoms with Gasteiger partial charge in [0.05, 0.1) is 12.1 Å². The molecule has 1 aliphatic rings. The van der Waals surface area contributed by atoms with E-state index in [2.05, 4.69) is 10.1 Å². The molecule has 0 radical (unpaired) electrons. The van der Waals surface area contributed by atoms with E-state index in [0.717, 1.165) is 11.3 Å². The summed E-state index contributed by atoms with van der Waals surface area (Å²) < 4.78 is 4.87. The van der Waals surface area contributed by atoms with Gasteiger partial charge < -0.3 is 9.57 Å². The molecule has 5 nitrogen and oxygen atoms in total. The van der Waals surface area contributed by atoms with Crippen LogP contribution in [0.3, 0.4) is 0 Å². The van der Waals surface area contributed by atoms with Gasteiger partial charge in [0.2, 0.25) is 0 Å². The van der Waals surface area contributed by atoms with Gasteiger partial charge in [0.1, 0.15) is 0 Å². The van der Waals surface area contributed by atoms with Crippen LogP contribution >= 0.6 is 0 Å². The highest BCUT2D eigenvalue weighted by atomic mass is 16.8. The first-order valence-electron chi connectivity index (χ1n) is 4.56. The SMILES string of the molecule is CC(=O)OC1CC(c2ccncc2)=NO1. The maximum Gasteiger partial charge on any atom is 0.305 e. The van der Waals surface area contributed by atoms with Crippen LogP contribution in [-0.4, -0.2) is 23.0 Å². The highest BCUT2D eigenvalue weighted by Crippen LogP contribution is 2.16. The molecule has 5 heteroatoms. The largest absolute Gasteiger partial charge is 0.423 e. The maximum absolute atomic E-state index is 10.7. The van der Waals surface area contributed by atoms with Crippen molar-refractivity contribution < 1.29 is 14.4 Å². The van der Waals surface area contributed by atoms with Crippen LogP contribution in [0.25, 0.3) is 0 Å². The molecule has 0 aromatic carbocycles. The van der Waals surface area contributed by atoms with Gasteiger partial charge in [0.25, 0.3) is 6.29 Å². The molecule has 78 valence electrons. The summed E-state index contributed by atoms with van der Waals surface area (Å²) in [5.74, 6) is -0.369. The number of ether oxygens (including phenoxy) is 1. The summed E-state index contributed by atoms with van der Waals surface area (Å²) in [6.07, 6.45) is 3.24. The van der Waals surface area contributed by atoms with Crippen LogP contribution < -0.4 is 0 Å². The van der Waals surface area contributed by atoms with Crippen LogP contribution in [0.5, 0.6) is 0 Å².